The third-order valence-corrected chi connectivity index (χ3v) is 7.26. The van der Waals surface area contributed by atoms with Gasteiger partial charge < -0.3 is 14.4 Å². The number of aryl methyl sites for hydroxylation is 2. The second-order valence-electron chi connectivity index (χ2n) is 9.88. The van der Waals surface area contributed by atoms with Crippen molar-refractivity contribution < 1.29 is 9.84 Å². The van der Waals surface area contributed by atoms with Crippen molar-refractivity contribution in [3.63, 3.8) is 0 Å². The van der Waals surface area contributed by atoms with E-state index in [0.29, 0.717) is 5.75 Å². The molecule has 2 heterocycles. The van der Waals surface area contributed by atoms with E-state index in [1.807, 2.05) is 12.1 Å². The lowest BCUT2D eigenvalue weighted by Gasteiger charge is -2.19. The van der Waals surface area contributed by atoms with Crippen LogP contribution in [0.4, 0.5) is 0 Å². The fourth-order valence-corrected chi connectivity index (χ4v) is 5.28. The summed E-state index contributed by atoms with van der Waals surface area (Å²) in [7, 11) is 0. The average Bonchev–Trinajstić information content (AvgIpc) is 3.01. The Hall–Kier alpha value is -3.24. The van der Waals surface area contributed by atoms with Gasteiger partial charge in [-0.1, -0.05) is 54.8 Å². The van der Waals surface area contributed by atoms with E-state index in [1.54, 1.807) is 6.07 Å². The average molecular weight is 469 g/mol. The quantitative estimate of drug-likeness (QED) is 0.319. The van der Waals surface area contributed by atoms with Crippen LogP contribution in [-0.2, 0) is 6.54 Å². The first-order chi connectivity index (χ1) is 17.1. The Morgan fingerprint density at radius 3 is 2.26 bits per heavy atom. The summed E-state index contributed by atoms with van der Waals surface area (Å²) < 4.78 is 8.44. The van der Waals surface area contributed by atoms with E-state index >= 15 is 0 Å². The van der Waals surface area contributed by atoms with E-state index < -0.39 is 0 Å². The van der Waals surface area contributed by atoms with E-state index in [0.717, 1.165) is 36.3 Å². The second-order valence-corrected chi connectivity index (χ2v) is 9.88. The first-order valence-electron chi connectivity index (χ1n) is 12.9. The summed E-state index contributed by atoms with van der Waals surface area (Å²) >= 11 is 0. The zero-order valence-corrected chi connectivity index (χ0v) is 21.0. The fraction of sp³-hybridized carbons (Fsp3) is 0.355. The number of fused-ring (bicyclic) bond motifs is 1. The van der Waals surface area contributed by atoms with Crippen LogP contribution in [0.5, 0.6) is 11.5 Å². The first kappa shape index (κ1) is 23.5. The Morgan fingerprint density at radius 1 is 0.829 bits per heavy atom. The van der Waals surface area contributed by atoms with Crippen molar-refractivity contribution in [1.82, 2.24) is 9.47 Å². The van der Waals surface area contributed by atoms with Crippen LogP contribution < -0.4 is 4.74 Å². The number of hydrogen-bond donors (Lipinski definition) is 1. The largest absolute Gasteiger partial charge is 0.508 e. The van der Waals surface area contributed by atoms with E-state index in [9.17, 15) is 5.11 Å². The molecule has 0 aliphatic carbocycles. The Balaban J connectivity index is 1.35. The maximum atomic E-state index is 10.1. The molecule has 1 fully saturated rings. The summed E-state index contributed by atoms with van der Waals surface area (Å²) in [5, 5.41) is 11.2. The molecule has 0 spiro atoms. The Labute approximate surface area is 208 Å². The van der Waals surface area contributed by atoms with Crippen molar-refractivity contribution in [1.29, 1.82) is 0 Å². The number of rotatable bonds is 7. The highest BCUT2D eigenvalue weighted by molar-refractivity contribution is 5.92. The number of ether oxygens (including phenoxy) is 1. The van der Waals surface area contributed by atoms with Gasteiger partial charge in [-0.05, 0) is 86.8 Å². The normalized spacial score (nSPS) is 14.8. The molecule has 1 aromatic heterocycles. The summed E-state index contributed by atoms with van der Waals surface area (Å²) in [5.41, 5.74) is 7.18. The monoisotopic (exact) mass is 468 g/mol. The smallest absolute Gasteiger partial charge is 0.119 e. The van der Waals surface area contributed by atoms with Gasteiger partial charge in [0.2, 0.25) is 0 Å². The van der Waals surface area contributed by atoms with Crippen LogP contribution in [0.2, 0.25) is 0 Å². The molecule has 4 heteroatoms. The predicted molar refractivity (Wildman–Crippen MR) is 144 cm³/mol. The highest BCUT2D eigenvalue weighted by Crippen LogP contribution is 2.36. The lowest BCUT2D eigenvalue weighted by atomic mass is 10.0. The van der Waals surface area contributed by atoms with Gasteiger partial charge in [0.15, 0.2) is 0 Å². The van der Waals surface area contributed by atoms with Gasteiger partial charge in [0.1, 0.15) is 18.1 Å². The third kappa shape index (κ3) is 5.38. The number of benzene rings is 3. The standard InChI is InChI=1S/C31H36N2O2/c1-23-7-11-26(12-8-23)31-24(2)29-21-27(34)13-16-30(29)33(31)22-25-9-14-28(15-10-25)35-20-19-32-17-5-3-4-6-18-32/h7-16,21,34H,3-6,17-20,22H2,1-2H3. The minimum absolute atomic E-state index is 0.301. The maximum absolute atomic E-state index is 10.1. The summed E-state index contributed by atoms with van der Waals surface area (Å²) in [6.45, 7) is 9.16. The minimum Gasteiger partial charge on any atom is -0.508 e. The van der Waals surface area contributed by atoms with Crippen LogP contribution in [-0.4, -0.2) is 40.8 Å². The second kappa shape index (κ2) is 10.6. The molecule has 1 saturated heterocycles. The lowest BCUT2D eigenvalue weighted by Crippen LogP contribution is -2.29. The third-order valence-electron chi connectivity index (χ3n) is 7.26. The highest BCUT2D eigenvalue weighted by atomic mass is 16.5. The molecule has 35 heavy (non-hydrogen) atoms. The van der Waals surface area contributed by atoms with Crippen molar-refractivity contribution in [3.05, 3.63) is 83.4 Å². The van der Waals surface area contributed by atoms with E-state index in [1.165, 1.54) is 66.7 Å². The van der Waals surface area contributed by atoms with Crippen molar-refractivity contribution in [2.24, 2.45) is 0 Å². The summed E-state index contributed by atoms with van der Waals surface area (Å²) in [6.07, 6.45) is 5.35. The molecule has 0 atom stereocenters. The summed E-state index contributed by atoms with van der Waals surface area (Å²) in [6, 6.07) is 22.9. The van der Waals surface area contributed by atoms with Crippen LogP contribution >= 0.6 is 0 Å². The van der Waals surface area contributed by atoms with Gasteiger partial charge >= 0.3 is 0 Å². The van der Waals surface area contributed by atoms with Crippen LogP contribution in [0.1, 0.15) is 42.4 Å². The van der Waals surface area contributed by atoms with Crippen LogP contribution in [0.15, 0.2) is 66.7 Å². The highest BCUT2D eigenvalue weighted by Gasteiger charge is 2.17. The van der Waals surface area contributed by atoms with Gasteiger partial charge in [-0.15, -0.1) is 0 Å². The van der Waals surface area contributed by atoms with Gasteiger partial charge in [0.05, 0.1) is 5.69 Å². The molecule has 0 saturated carbocycles. The van der Waals surface area contributed by atoms with Crippen LogP contribution in [0, 0.1) is 13.8 Å². The van der Waals surface area contributed by atoms with Gasteiger partial charge in [-0.2, -0.15) is 0 Å². The van der Waals surface area contributed by atoms with Gasteiger partial charge in [-0.3, -0.25) is 4.90 Å². The van der Waals surface area contributed by atoms with E-state index in [2.05, 4.69) is 71.8 Å². The fourth-order valence-electron chi connectivity index (χ4n) is 5.28. The zero-order valence-electron chi connectivity index (χ0n) is 21.0. The molecule has 182 valence electrons. The maximum Gasteiger partial charge on any atom is 0.119 e. The van der Waals surface area contributed by atoms with Gasteiger partial charge in [0.25, 0.3) is 0 Å². The summed E-state index contributed by atoms with van der Waals surface area (Å²) in [4.78, 5) is 2.53. The van der Waals surface area contributed by atoms with Gasteiger partial charge in [0, 0.05) is 24.0 Å². The predicted octanol–water partition coefficient (Wildman–Crippen LogP) is 6.93. The Bertz CT molecular complexity index is 1260. The minimum atomic E-state index is 0.301. The molecule has 4 nitrogen and oxygen atoms in total. The molecule has 5 rings (SSSR count). The van der Waals surface area contributed by atoms with Crippen LogP contribution in [0.3, 0.4) is 0 Å². The van der Waals surface area contributed by atoms with Crippen molar-refractivity contribution in [2.75, 3.05) is 26.2 Å². The summed E-state index contributed by atoms with van der Waals surface area (Å²) in [5.74, 6) is 1.23. The molecule has 3 aromatic carbocycles. The topological polar surface area (TPSA) is 37.6 Å². The number of nitrogens with zero attached hydrogens (tertiary/aromatic N) is 2. The number of likely N-dealkylation sites (tertiary alicyclic amines) is 1. The van der Waals surface area contributed by atoms with Crippen LogP contribution in [0.25, 0.3) is 22.2 Å². The Morgan fingerprint density at radius 2 is 1.54 bits per heavy atom. The number of phenolic OH excluding ortho intramolecular Hbond substituents is 1. The van der Waals surface area contributed by atoms with E-state index in [-0.39, 0.29) is 0 Å². The SMILES string of the molecule is Cc1ccc(-c2c(C)c3cc(O)ccc3n2Cc2ccc(OCCN3CCCCCC3)cc2)cc1. The molecule has 1 N–H and O–H groups in total. The molecular weight excluding hydrogens is 432 g/mol. The molecule has 0 amide bonds. The molecule has 0 radical (unpaired) electrons. The molecule has 1 aliphatic heterocycles. The molecular formula is C31H36N2O2. The molecule has 0 unspecified atom stereocenters. The molecule has 1 aliphatic rings. The molecule has 4 aromatic rings. The number of phenols is 1. The van der Waals surface area contributed by atoms with Crippen molar-refractivity contribution >= 4 is 10.9 Å². The number of hydrogen-bond acceptors (Lipinski definition) is 3. The van der Waals surface area contributed by atoms with Crippen molar-refractivity contribution in [3.8, 4) is 22.8 Å². The lowest BCUT2D eigenvalue weighted by molar-refractivity contribution is 0.214. The van der Waals surface area contributed by atoms with E-state index in [4.69, 9.17) is 4.74 Å². The zero-order chi connectivity index (χ0) is 24.2. The first-order valence-corrected chi connectivity index (χ1v) is 12.9. The molecule has 0 bridgehead atoms. The number of aromatic nitrogens is 1. The van der Waals surface area contributed by atoms with Crippen molar-refractivity contribution in [2.45, 2.75) is 46.1 Å². The Kier molecular flexibility index (Phi) is 7.10. The number of aromatic hydroxyl groups is 1. The van der Waals surface area contributed by atoms with Gasteiger partial charge in [-0.25, -0.2) is 0 Å².